The van der Waals surface area contributed by atoms with E-state index >= 15 is 0 Å². The molecule has 1 aliphatic heterocycles. The number of ether oxygens (including phenoxy) is 1. The first-order valence-electron chi connectivity index (χ1n) is 7.00. The second-order valence-corrected chi connectivity index (χ2v) is 5.62. The number of amidine groups is 1. The monoisotopic (exact) mass is 320 g/mol. The lowest BCUT2D eigenvalue weighted by Crippen LogP contribution is -2.34. The molecule has 0 aromatic heterocycles. The van der Waals surface area contributed by atoms with Gasteiger partial charge < -0.3 is 14.7 Å². The fourth-order valence-electron chi connectivity index (χ4n) is 2.59. The number of hydrogen-bond acceptors (Lipinski definition) is 5. The van der Waals surface area contributed by atoms with Crippen LogP contribution in [0.3, 0.4) is 0 Å². The van der Waals surface area contributed by atoms with Crippen LogP contribution < -0.4 is 4.74 Å². The van der Waals surface area contributed by atoms with E-state index in [-0.39, 0.29) is 0 Å². The van der Waals surface area contributed by atoms with E-state index in [1.165, 1.54) is 11.8 Å². The zero-order valence-corrected chi connectivity index (χ0v) is 14.0. The summed E-state index contributed by atoms with van der Waals surface area (Å²) in [6, 6.07) is 6.89. The van der Waals surface area contributed by atoms with E-state index in [9.17, 15) is 9.90 Å². The van der Waals surface area contributed by atoms with E-state index < -0.39 is 12.0 Å². The van der Waals surface area contributed by atoms with Crippen LogP contribution in [0.15, 0.2) is 40.5 Å². The van der Waals surface area contributed by atoms with Gasteiger partial charge in [-0.25, -0.2) is 9.79 Å². The molecule has 0 aliphatic carbocycles. The van der Waals surface area contributed by atoms with E-state index in [2.05, 4.69) is 4.99 Å². The predicted molar refractivity (Wildman–Crippen MR) is 89.4 cm³/mol. The third kappa shape index (κ3) is 2.97. The van der Waals surface area contributed by atoms with Crippen LogP contribution >= 0.6 is 11.8 Å². The van der Waals surface area contributed by atoms with Crippen LogP contribution in [0.1, 0.15) is 25.5 Å². The number of carboxylic acids is 1. The molecule has 0 saturated carbocycles. The Bertz CT molecular complexity index is 640. The van der Waals surface area contributed by atoms with Crippen molar-refractivity contribution in [2.45, 2.75) is 19.9 Å². The second kappa shape index (κ2) is 6.87. The van der Waals surface area contributed by atoms with Gasteiger partial charge in [0.2, 0.25) is 0 Å². The van der Waals surface area contributed by atoms with E-state index in [4.69, 9.17) is 4.74 Å². The first-order chi connectivity index (χ1) is 10.5. The molecular formula is C16H20N2O3S. The van der Waals surface area contributed by atoms with E-state index in [1.807, 2.05) is 49.3 Å². The Balaban J connectivity index is 2.57. The van der Waals surface area contributed by atoms with Crippen molar-refractivity contribution in [2.75, 3.05) is 19.9 Å². The summed E-state index contributed by atoms with van der Waals surface area (Å²) in [6.45, 7) is 4.51. The fraction of sp³-hybridized carbons (Fsp3) is 0.375. The Kier molecular flexibility index (Phi) is 5.13. The van der Waals surface area contributed by atoms with Gasteiger partial charge in [-0.3, -0.25) is 0 Å². The Morgan fingerprint density at radius 1 is 1.50 bits per heavy atom. The van der Waals surface area contributed by atoms with Crippen molar-refractivity contribution >= 4 is 22.9 Å². The van der Waals surface area contributed by atoms with Crippen molar-refractivity contribution in [1.82, 2.24) is 4.90 Å². The van der Waals surface area contributed by atoms with Crippen LogP contribution in [0.5, 0.6) is 5.75 Å². The number of allylic oxidation sites excluding steroid dienone is 1. The molecule has 2 rings (SSSR count). The molecule has 0 radical (unpaired) electrons. The first-order valence-corrected chi connectivity index (χ1v) is 8.23. The minimum Gasteiger partial charge on any atom is -0.497 e. The summed E-state index contributed by atoms with van der Waals surface area (Å²) in [5.74, 6) is -0.244. The van der Waals surface area contributed by atoms with Crippen molar-refractivity contribution in [3.05, 3.63) is 41.1 Å². The van der Waals surface area contributed by atoms with Gasteiger partial charge in [-0.05, 0) is 37.8 Å². The summed E-state index contributed by atoms with van der Waals surface area (Å²) in [5, 5.41) is 10.5. The Morgan fingerprint density at radius 2 is 2.23 bits per heavy atom. The van der Waals surface area contributed by atoms with E-state index in [0.717, 1.165) is 16.4 Å². The summed E-state index contributed by atoms with van der Waals surface area (Å²) in [6.07, 6.45) is 1.95. The lowest BCUT2D eigenvalue weighted by molar-refractivity contribution is -0.133. The lowest BCUT2D eigenvalue weighted by Gasteiger charge is -2.33. The van der Waals surface area contributed by atoms with Crippen LogP contribution in [-0.2, 0) is 4.79 Å². The largest absolute Gasteiger partial charge is 0.497 e. The molecule has 6 heteroatoms. The highest BCUT2D eigenvalue weighted by Crippen LogP contribution is 2.36. The highest BCUT2D eigenvalue weighted by atomic mass is 32.2. The normalized spacial score (nSPS) is 18.3. The maximum Gasteiger partial charge on any atom is 0.335 e. The van der Waals surface area contributed by atoms with Gasteiger partial charge in [0, 0.05) is 12.2 Å². The molecule has 1 aromatic rings. The highest BCUT2D eigenvalue weighted by molar-refractivity contribution is 8.13. The number of nitrogens with zero attached hydrogens (tertiary/aromatic N) is 2. The SMILES string of the molecule is CCN1C(SC)=NC(c2cccc(OC)c2)C(C(=O)O)=C1C. The molecule has 0 spiro atoms. The molecule has 1 atom stereocenters. The third-order valence-electron chi connectivity index (χ3n) is 3.68. The van der Waals surface area contributed by atoms with Gasteiger partial charge in [0.1, 0.15) is 11.8 Å². The topological polar surface area (TPSA) is 62.1 Å². The lowest BCUT2D eigenvalue weighted by atomic mass is 9.96. The Morgan fingerprint density at radius 3 is 2.77 bits per heavy atom. The number of aliphatic carboxylic acids is 1. The molecule has 0 bridgehead atoms. The number of hydrogen-bond donors (Lipinski definition) is 1. The maximum absolute atomic E-state index is 11.8. The number of methoxy groups -OCH3 is 1. The van der Waals surface area contributed by atoms with Crippen LogP contribution in [-0.4, -0.2) is 41.1 Å². The zero-order chi connectivity index (χ0) is 16.3. The van der Waals surface area contributed by atoms with Crippen LogP contribution in [0.2, 0.25) is 0 Å². The van der Waals surface area contributed by atoms with Gasteiger partial charge in [-0.2, -0.15) is 0 Å². The van der Waals surface area contributed by atoms with Gasteiger partial charge in [0.25, 0.3) is 0 Å². The van der Waals surface area contributed by atoms with Crippen LogP contribution in [0, 0.1) is 0 Å². The summed E-state index contributed by atoms with van der Waals surface area (Å²) in [7, 11) is 1.59. The minimum atomic E-state index is -0.937. The quantitative estimate of drug-likeness (QED) is 0.923. The molecule has 0 saturated heterocycles. The van der Waals surface area contributed by atoms with Crippen molar-refractivity contribution in [2.24, 2.45) is 4.99 Å². The van der Waals surface area contributed by atoms with Gasteiger partial charge >= 0.3 is 5.97 Å². The molecule has 1 unspecified atom stereocenters. The molecule has 0 amide bonds. The van der Waals surface area contributed by atoms with E-state index in [1.54, 1.807) is 7.11 Å². The average Bonchev–Trinajstić information content (AvgIpc) is 2.53. The molecule has 1 aromatic carbocycles. The summed E-state index contributed by atoms with van der Waals surface area (Å²) in [4.78, 5) is 18.4. The van der Waals surface area contributed by atoms with Crippen molar-refractivity contribution in [3.63, 3.8) is 0 Å². The third-order valence-corrected chi connectivity index (χ3v) is 4.37. The minimum absolute atomic E-state index is 0.313. The van der Waals surface area contributed by atoms with E-state index in [0.29, 0.717) is 17.9 Å². The predicted octanol–water partition coefficient (Wildman–Crippen LogP) is 3.15. The Labute approximate surface area is 134 Å². The smallest absolute Gasteiger partial charge is 0.335 e. The number of carboxylic acid groups (broad SMARTS) is 1. The standard InChI is InChI=1S/C16H20N2O3S/c1-5-18-10(2)13(15(19)20)14(17-16(18)22-4)11-7-6-8-12(9-11)21-3/h6-9,14H,5H2,1-4H3,(H,19,20). The zero-order valence-electron chi connectivity index (χ0n) is 13.2. The summed E-state index contributed by atoms with van der Waals surface area (Å²) < 4.78 is 5.24. The number of thioether (sulfide) groups is 1. The van der Waals surface area contributed by atoms with Gasteiger partial charge in [-0.1, -0.05) is 23.9 Å². The van der Waals surface area contributed by atoms with Gasteiger partial charge in [-0.15, -0.1) is 0 Å². The molecule has 118 valence electrons. The Hall–Kier alpha value is -1.95. The average molecular weight is 320 g/mol. The summed E-state index contributed by atoms with van der Waals surface area (Å²) >= 11 is 1.52. The number of benzene rings is 1. The second-order valence-electron chi connectivity index (χ2n) is 4.84. The number of aliphatic imine (C=N–C) groups is 1. The van der Waals surface area contributed by atoms with Gasteiger partial charge in [0.15, 0.2) is 5.17 Å². The summed E-state index contributed by atoms with van der Waals surface area (Å²) in [5.41, 5.74) is 1.87. The fourth-order valence-corrected chi connectivity index (χ4v) is 3.29. The highest BCUT2D eigenvalue weighted by Gasteiger charge is 2.32. The molecule has 5 nitrogen and oxygen atoms in total. The maximum atomic E-state index is 11.8. The molecule has 0 fully saturated rings. The number of rotatable bonds is 4. The molecule has 1 heterocycles. The number of carbonyl (C=O) groups is 1. The molecule has 1 N–H and O–H groups in total. The van der Waals surface area contributed by atoms with Crippen LogP contribution in [0.4, 0.5) is 0 Å². The molecule has 1 aliphatic rings. The molecule has 22 heavy (non-hydrogen) atoms. The first kappa shape index (κ1) is 16.4. The van der Waals surface area contributed by atoms with Crippen molar-refractivity contribution in [3.8, 4) is 5.75 Å². The van der Waals surface area contributed by atoms with Gasteiger partial charge in [0.05, 0.1) is 12.7 Å². The van der Waals surface area contributed by atoms with Crippen LogP contribution in [0.25, 0.3) is 0 Å². The molecular weight excluding hydrogens is 300 g/mol. The van der Waals surface area contributed by atoms with Crippen molar-refractivity contribution in [1.29, 1.82) is 0 Å². The van der Waals surface area contributed by atoms with Crippen molar-refractivity contribution < 1.29 is 14.6 Å².